The Balaban J connectivity index is 1.73. The normalized spacial score (nSPS) is 17.7. The first kappa shape index (κ1) is 17.8. The minimum Gasteiger partial charge on any atom is -0.497 e. The van der Waals surface area contributed by atoms with Gasteiger partial charge in [-0.1, -0.05) is 19.1 Å². The Morgan fingerprint density at radius 2 is 1.96 bits per heavy atom. The molecule has 0 unspecified atom stereocenters. The quantitative estimate of drug-likeness (QED) is 0.804. The SMILES string of the molecule is CCC1(CO)CCN(CC(=O)NCc2ccc(OC)cc2)CC1. The number of rotatable bonds is 7. The number of carbonyl (C=O) groups excluding carboxylic acids is 1. The van der Waals surface area contributed by atoms with Crippen molar-refractivity contribution in [3.63, 3.8) is 0 Å². The lowest BCUT2D eigenvalue weighted by Crippen LogP contribution is -2.45. The Morgan fingerprint density at radius 1 is 1.30 bits per heavy atom. The standard InChI is InChI=1S/C18H28N2O3/c1-3-18(14-21)8-10-20(11-9-18)13-17(22)19-12-15-4-6-16(23-2)7-5-15/h4-7,21H,3,8-14H2,1-2H3,(H,19,22). The van der Waals surface area contributed by atoms with Gasteiger partial charge in [0.25, 0.3) is 0 Å². The summed E-state index contributed by atoms with van der Waals surface area (Å²) in [6, 6.07) is 7.70. The number of benzene rings is 1. The zero-order valence-corrected chi connectivity index (χ0v) is 14.2. The summed E-state index contributed by atoms with van der Waals surface area (Å²) in [4.78, 5) is 14.3. The van der Waals surface area contributed by atoms with Crippen LogP contribution in [0.15, 0.2) is 24.3 Å². The summed E-state index contributed by atoms with van der Waals surface area (Å²) in [6.45, 7) is 5.11. The lowest BCUT2D eigenvalue weighted by Gasteiger charge is -2.39. The average Bonchev–Trinajstić information content (AvgIpc) is 2.61. The van der Waals surface area contributed by atoms with E-state index >= 15 is 0 Å². The third-order valence-corrected chi connectivity index (χ3v) is 5.02. The molecule has 5 nitrogen and oxygen atoms in total. The van der Waals surface area contributed by atoms with Crippen LogP contribution >= 0.6 is 0 Å². The maximum absolute atomic E-state index is 12.1. The number of amides is 1. The Kier molecular flexibility index (Phi) is 6.42. The van der Waals surface area contributed by atoms with Gasteiger partial charge in [-0.15, -0.1) is 0 Å². The largest absolute Gasteiger partial charge is 0.497 e. The summed E-state index contributed by atoms with van der Waals surface area (Å²) in [5.74, 6) is 0.866. The van der Waals surface area contributed by atoms with Gasteiger partial charge in [0.05, 0.1) is 13.7 Å². The van der Waals surface area contributed by atoms with Crippen molar-refractivity contribution in [1.82, 2.24) is 10.2 Å². The van der Waals surface area contributed by atoms with Gasteiger partial charge >= 0.3 is 0 Å². The predicted octanol–water partition coefficient (Wildman–Crippen LogP) is 1.80. The summed E-state index contributed by atoms with van der Waals surface area (Å²) < 4.78 is 5.12. The number of nitrogens with zero attached hydrogens (tertiary/aromatic N) is 1. The van der Waals surface area contributed by atoms with Crippen molar-refractivity contribution in [1.29, 1.82) is 0 Å². The summed E-state index contributed by atoms with van der Waals surface area (Å²) in [5, 5.41) is 12.5. The molecule has 0 atom stereocenters. The van der Waals surface area contributed by atoms with Gasteiger partial charge in [0, 0.05) is 13.2 Å². The molecule has 2 N–H and O–H groups in total. The highest BCUT2D eigenvalue weighted by Crippen LogP contribution is 2.33. The molecule has 1 aliphatic heterocycles. The van der Waals surface area contributed by atoms with E-state index in [1.807, 2.05) is 24.3 Å². The van der Waals surface area contributed by atoms with Crippen LogP contribution in [0.4, 0.5) is 0 Å². The topological polar surface area (TPSA) is 61.8 Å². The molecule has 0 radical (unpaired) electrons. The van der Waals surface area contributed by atoms with Crippen LogP contribution in [0.1, 0.15) is 31.7 Å². The molecule has 1 fully saturated rings. The fourth-order valence-electron chi connectivity index (χ4n) is 3.01. The first-order chi connectivity index (χ1) is 11.1. The maximum Gasteiger partial charge on any atom is 0.234 e. The number of carbonyl (C=O) groups is 1. The van der Waals surface area contributed by atoms with Crippen LogP contribution in [-0.2, 0) is 11.3 Å². The van der Waals surface area contributed by atoms with Crippen LogP contribution < -0.4 is 10.1 Å². The molecule has 2 rings (SSSR count). The molecule has 0 spiro atoms. The molecule has 0 aliphatic carbocycles. The van der Waals surface area contributed by atoms with Crippen LogP contribution in [0.3, 0.4) is 0 Å². The Hall–Kier alpha value is -1.59. The molecule has 23 heavy (non-hydrogen) atoms. The zero-order valence-electron chi connectivity index (χ0n) is 14.2. The van der Waals surface area contributed by atoms with Crippen LogP contribution in [0, 0.1) is 5.41 Å². The minimum absolute atomic E-state index is 0.0498. The lowest BCUT2D eigenvalue weighted by molar-refractivity contribution is -0.123. The van der Waals surface area contributed by atoms with E-state index in [4.69, 9.17) is 4.74 Å². The van der Waals surface area contributed by atoms with E-state index in [2.05, 4.69) is 17.1 Å². The second-order valence-corrected chi connectivity index (χ2v) is 6.41. The van der Waals surface area contributed by atoms with E-state index in [1.165, 1.54) is 0 Å². The number of hydrogen-bond donors (Lipinski definition) is 2. The molecular formula is C18H28N2O3. The summed E-state index contributed by atoms with van der Waals surface area (Å²) in [6.07, 6.45) is 2.93. The van der Waals surface area contributed by atoms with Crippen molar-refractivity contribution in [3.8, 4) is 5.75 Å². The Labute approximate surface area is 138 Å². The van der Waals surface area contributed by atoms with E-state index in [1.54, 1.807) is 7.11 Å². The fraction of sp³-hybridized carbons (Fsp3) is 0.611. The Morgan fingerprint density at radius 3 is 2.48 bits per heavy atom. The first-order valence-electron chi connectivity index (χ1n) is 8.33. The van der Waals surface area contributed by atoms with Gasteiger partial charge in [-0.2, -0.15) is 0 Å². The van der Waals surface area contributed by atoms with Gasteiger partial charge < -0.3 is 15.2 Å². The van der Waals surface area contributed by atoms with Crippen molar-refractivity contribution in [2.75, 3.05) is 33.4 Å². The maximum atomic E-state index is 12.1. The van der Waals surface area contributed by atoms with Gasteiger partial charge in [0.2, 0.25) is 5.91 Å². The van der Waals surface area contributed by atoms with Crippen LogP contribution in [-0.4, -0.2) is 49.3 Å². The molecule has 0 aromatic heterocycles. The molecule has 5 heteroatoms. The summed E-state index contributed by atoms with van der Waals surface area (Å²) in [7, 11) is 1.64. The van der Waals surface area contributed by atoms with Gasteiger partial charge in [-0.3, -0.25) is 9.69 Å². The number of ether oxygens (including phenoxy) is 1. The molecule has 128 valence electrons. The second kappa shape index (κ2) is 8.31. The average molecular weight is 320 g/mol. The zero-order chi connectivity index (χ0) is 16.7. The van der Waals surface area contributed by atoms with Crippen LogP contribution in [0.2, 0.25) is 0 Å². The highest BCUT2D eigenvalue weighted by atomic mass is 16.5. The van der Waals surface area contributed by atoms with Crippen molar-refractivity contribution in [2.24, 2.45) is 5.41 Å². The van der Waals surface area contributed by atoms with Crippen LogP contribution in [0.5, 0.6) is 5.75 Å². The van der Waals surface area contributed by atoms with E-state index in [0.717, 1.165) is 43.7 Å². The molecule has 1 aromatic rings. The van der Waals surface area contributed by atoms with E-state index in [-0.39, 0.29) is 17.9 Å². The van der Waals surface area contributed by atoms with Crippen molar-refractivity contribution in [2.45, 2.75) is 32.7 Å². The number of aliphatic hydroxyl groups is 1. The highest BCUT2D eigenvalue weighted by Gasteiger charge is 2.32. The van der Waals surface area contributed by atoms with E-state index in [0.29, 0.717) is 13.1 Å². The number of methoxy groups -OCH3 is 1. The number of aliphatic hydroxyl groups excluding tert-OH is 1. The second-order valence-electron chi connectivity index (χ2n) is 6.41. The predicted molar refractivity (Wildman–Crippen MR) is 90.3 cm³/mol. The monoisotopic (exact) mass is 320 g/mol. The lowest BCUT2D eigenvalue weighted by atomic mass is 9.77. The molecule has 0 saturated carbocycles. The molecule has 1 aromatic carbocycles. The number of nitrogens with one attached hydrogen (secondary N) is 1. The Bertz CT molecular complexity index is 487. The smallest absolute Gasteiger partial charge is 0.234 e. The van der Waals surface area contributed by atoms with Crippen molar-refractivity contribution < 1.29 is 14.6 Å². The first-order valence-corrected chi connectivity index (χ1v) is 8.33. The molecule has 0 bridgehead atoms. The van der Waals surface area contributed by atoms with Crippen molar-refractivity contribution >= 4 is 5.91 Å². The van der Waals surface area contributed by atoms with E-state index in [9.17, 15) is 9.90 Å². The highest BCUT2D eigenvalue weighted by molar-refractivity contribution is 5.78. The van der Waals surface area contributed by atoms with Crippen LogP contribution in [0.25, 0.3) is 0 Å². The van der Waals surface area contributed by atoms with Gasteiger partial charge in [0.15, 0.2) is 0 Å². The fourth-order valence-corrected chi connectivity index (χ4v) is 3.01. The van der Waals surface area contributed by atoms with E-state index < -0.39 is 0 Å². The minimum atomic E-state index is 0.0498. The summed E-state index contributed by atoms with van der Waals surface area (Å²) >= 11 is 0. The molecule has 1 aliphatic rings. The van der Waals surface area contributed by atoms with Gasteiger partial charge in [-0.25, -0.2) is 0 Å². The third-order valence-electron chi connectivity index (χ3n) is 5.02. The number of piperidine rings is 1. The number of hydrogen-bond acceptors (Lipinski definition) is 4. The summed E-state index contributed by atoms with van der Waals surface area (Å²) in [5.41, 5.74) is 1.12. The van der Waals surface area contributed by atoms with Gasteiger partial charge in [-0.05, 0) is 55.5 Å². The molecular weight excluding hydrogens is 292 g/mol. The third kappa shape index (κ3) is 4.94. The molecule has 1 heterocycles. The van der Waals surface area contributed by atoms with Crippen molar-refractivity contribution in [3.05, 3.63) is 29.8 Å². The molecule has 1 saturated heterocycles. The van der Waals surface area contributed by atoms with Gasteiger partial charge in [0.1, 0.15) is 5.75 Å². The number of likely N-dealkylation sites (tertiary alicyclic amines) is 1. The molecule has 1 amide bonds.